The summed E-state index contributed by atoms with van der Waals surface area (Å²) in [6.45, 7) is 4.67. The van der Waals surface area contributed by atoms with E-state index in [2.05, 4.69) is 21.7 Å². The van der Waals surface area contributed by atoms with E-state index in [9.17, 15) is 4.79 Å². The second-order valence-corrected chi connectivity index (χ2v) is 7.22. The van der Waals surface area contributed by atoms with Gasteiger partial charge in [0.25, 0.3) is 5.91 Å². The Hall–Kier alpha value is -2.87. The number of carbonyl (C=O) groups excluding carboxylic acids is 1. The summed E-state index contributed by atoms with van der Waals surface area (Å²) in [5, 5.41) is 15.5. The van der Waals surface area contributed by atoms with Gasteiger partial charge in [-0.25, -0.2) is 4.98 Å². The number of benzene rings is 1. The predicted molar refractivity (Wildman–Crippen MR) is 102 cm³/mol. The van der Waals surface area contributed by atoms with Crippen molar-refractivity contribution in [3.8, 4) is 6.07 Å². The molecule has 0 aliphatic heterocycles. The van der Waals surface area contributed by atoms with Gasteiger partial charge in [0.15, 0.2) is 0 Å². The van der Waals surface area contributed by atoms with Crippen molar-refractivity contribution in [3.63, 3.8) is 0 Å². The largest absolute Gasteiger partial charge is 0.381 e. The normalized spacial score (nSPS) is 15.3. The molecule has 26 heavy (non-hydrogen) atoms. The van der Waals surface area contributed by atoms with Gasteiger partial charge in [-0.05, 0) is 51.0 Å². The van der Waals surface area contributed by atoms with Crippen LogP contribution in [-0.2, 0) is 0 Å². The number of rotatable bonds is 5. The molecule has 0 spiro atoms. The molecule has 0 radical (unpaired) electrons. The lowest BCUT2D eigenvalue weighted by Gasteiger charge is -2.31. The molecule has 1 heterocycles. The number of hydrogen-bond acceptors (Lipinski definition) is 4. The lowest BCUT2D eigenvalue weighted by molar-refractivity contribution is 0.0905. The summed E-state index contributed by atoms with van der Waals surface area (Å²) in [7, 11) is 0. The number of nitrogens with one attached hydrogen (secondary N) is 2. The molecule has 134 valence electrons. The van der Waals surface area contributed by atoms with Crippen molar-refractivity contribution in [1.82, 2.24) is 10.3 Å². The average molecular weight is 348 g/mol. The van der Waals surface area contributed by atoms with Crippen molar-refractivity contribution in [2.45, 2.75) is 45.1 Å². The van der Waals surface area contributed by atoms with Crippen LogP contribution in [0.5, 0.6) is 0 Å². The van der Waals surface area contributed by atoms with Crippen LogP contribution in [0, 0.1) is 25.2 Å². The number of aromatic nitrogens is 1. The molecule has 2 N–H and O–H groups in total. The molecular formula is C21H24N4O. The summed E-state index contributed by atoms with van der Waals surface area (Å²) in [6, 6.07) is 11.5. The van der Waals surface area contributed by atoms with Crippen molar-refractivity contribution in [3.05, 3.63) is 58.9 Å². The van der Waals surface area contributed by atoms with E-state index in [0.29, 0.717) is 17.8 Å². The highest BCUT2D eigenvalue weighted by Gasteiger charge is 2.35. The van der Waals surface area contributed by atoms with Crippen LogP contribution in [0.25, 0.3) is 0 Å². The lowest BCUT2D eigenvalue weighted by atomic mass is 9.96. The molecule has 1 saturated carbocycles. The van der Waals surface area contributed by atoms with Crippen molar-refractivity contribution in [2.75, 3.05) is 11.9 Å². The summed E-state index contributed by atoms with van der Waals surface area (Å²) in [5.74, 6) is -0.0153. The minimum Gasteiger partial charge on any atom is -0.381 e. The van der Waals surface area contributed by atoms with Crippen LogP contribution in [0.2, 0.25) is 0 Å². The van der Waals surface area contributed by atoms with Crippen LogP contribution in [-0.4, -0.2) is 23.0 Å². The second kappa shape index (κ2) is 7.57. The van der Waals surface area contributed by atoms with Gasteiger partial charge in [0.05, 0.1) is 17.4 Å². The Balaban J connectivity index is 1.70. The smallest absolute Gasteiger partial charge is 0.251 e. The third-order valence-corrected chi connectivity index (χ3v) is 4.93. The van der Waals surface area contributed by atoms with E-state index in [4.69, 9.17) is 5.26 Å². The molecule has 0 unspecified atom stereocenters. The molecule has 1 aromatic heterocycles. The Kier molecular flexibility index (Phi) is 5.22. The molecule has 1 aromatic carbocycles. The van der Waals surface area contributed by atoms with Crippen LogP contribution in [0.15, 0.2) is 36.5 Å². The highest BCUT2D eigenvalue weighted by atomic mass is 16.1. The Morgan fingerprint density at radius 3 is 2.46 bits per heavy atom. The fourth-order valence-electron chi connectivity index (χ4n) is 3.65. The van der Waals surface area contributed by atoms with Crippen LogP contribution in [0.4, 0.5) is 5.69 Å². The molecule has 0 saturated heterocycles. The molecule has 2 aromatic rings. The van der Waals surface area contributed by atoms with Crippen LogP contribution >= 0.6 is 0 Å². The molecule has 0 atom stereocenters. The highest BCUT2D eigenvalue weighted by Crippen LogP contribution is 2.30. The maximum atomic E-state index is 12.8. The van der Waals surface area contributed by atoms with Crippen molar-refractivity contribution in [1.29, 1.82) is 5.26 Å². The van der Waals surface area contributed by atoms with E-state index < -0.39 is 0 Å². The minimum absolute atomic E-state index is 0.0153. The number of nitriles is 1. The standard InChI is InChI=1S/C21H24N4O/c1-15-9-16(2)11-17(10-15)20(26)25-21(7-3-4-8-21)14-24-19-6-5-18(12-22)23-13-19/h5-6,9-11,13,24H,3-4,7-8,14H2,1-2H3,(H,25,26). The van der Waals surface area contributed by atoms with E-state index in [-0.39, 0.29) is 11.4 Å². The van der Waals surface area contributed by atoms with Gasteiger partial charge in [0, 0.05) is 12.1 Å². The third kappa shape index (κ3) is 4.20. The average Bonchev–Trinajstić information content (AvgIpc) is 3.08. The fraction of sp³-hybridized carbons (Fsp3) is 0.381. The number of hydrogen-bond donors (Lipinski definition) is 2. The van der Waals surface area contributed by atoms with Gasteiger partial charge in [0.1, 0.15) is 11.8 Å². The highest BCUT2D eigenvalue weighted by molar-refractivity contribution is 5.95. The number of anilines is 1. The summed E-state index contributed by atoms with van der Waals surface area (Å²) < 4.78 is 0. The van der Waals surface area contributed by atoms with E-state index in [0.717, 1.165) is 42.5 Å². The van der Waals surface area contributed by atoms with Crippen molar-refractivity contribution < 1.29 is 4.79 Å². The van der Waals surface area contributed by atoms with E-state index in [1.165, 1.54) is 0 Å². The zero-order chi connectivity index (χ0) is 18.6. The van der Waals surface area contributed by atoms with Gasteiger partial charge in [0.2, 0.25) is 0 Å². The second-order valence-electron chi connectivity index (χ2n) is 7.22. The van der Waals surface area contributed by atoms with Crippen molar-refractivity contribution >= 4 is 11.6 Å². The number of amides is 1. The summed E-state index contributed by atoms with van der Waals surface area (Å²) >= 11 is 0. The quantitative estimate of drug-likeness (QED) is 0.863. The summed E-state index contributed by atoms with van der Waals surface area (Å²) in [4.78, 5) is 16.9. The van der Waals surface area contributed by atoms with Crippen molar-refractivity contribution in [2.24, 2.45) is 0 Å². The maximum absolute atomic E-state index is 12.8. The van der Waals surface area contributed by atoms with E-state index in [1.54, 1.807) is 12.3 Å². The SMILES string of the molecule is Cc1cc(C)cc(C(=O)NC2(CNc3ccc(C#N)nc3)CCCC2)c1. The Morgan fingerprint density at radius 2 is 1.88 bits per heavy atom. The number of nitrogens with zero attached hydrogens (tertiary/aromatic N) is 2. The van der Waals surface area contributed by atoms with Gasteiger partial charge in [-0.3, -0.25) is 4.79 Å². The van der Waals surface area contributed by atoms with Gasteiger partial charge in [-0.2, -0.15) is 5.26 Å². The summed E-state index contributed by atoms with van der Waals surface area (Å²) in [6.07, 6.45) is 5.80. The topological polar surface area (TPSA) is 77.8 Å². The van der Waals surface area contributed by atoms with Gasteiger partial charge in [-0.15, -0.1) is 0 Å². The molecule has 1 fully saturated rings. The molecular weight excluding hydrogens is 324 g/mol. The van der Waals surface area contributed by atoms with Crippen LogP contribution in [0.1, 0.15) is 52.9 Å². The Bertz CT molecular complexity index is 810. The molecule has 1 aliphatic rings. The first-order chi connectivity index (χ1) is 12.5. The fourth-order valence-corrected chi connectivity index (χ4v) is 3.65. The van der Waals surface area contributed by atoms with E-state index in [1.807, 2.05) is 38.1 Å². The molecule has 5 nitrogen and oxygen atoms in total. The molecule has 0 bridgehead atoms. The van der Waals surface area contributed by atoms with Gasteiger partial charge in [-0.1, -0.05) is 30.0 Å². The lowest BCUT2D eigenvalue weighted by Crippen LogP contribution is -2.51. The zero-order valence-corrected chi connectivity index (χ0v) is 15.3. The van der Waals surface area contributed by atoms with Gasteiger partial charge < -0.3 is 10.6 Å². The predicted octanol–water partition coefficient (Wildman–Crippen LogP) is 3.72. The van der Waals surface area contributed by atoms with Crippen LogP contribution in [0.3, 0.4) is 0 Å². The number of pyridine rings is 1. The number of carbonyl (C=O) groups is 1. The first-order valence-corrected chi connectivity index (χ1v) is 9.01. The minimum atomic E-state index is -0.247. The number of aryl methyl sites for hydroxylation is 2. The molecule has 3 rings (SSSR count). The molecule has 1 aliphatic carbocycles. The monoisotopic (exact) mass is 348 g/mol. The zero-order valence-electron chi connectivity index (χ0n) is 15.3. The molecule has 5 heteroatoms. The van der Waals surface area contributed by atoms with Crippen LogP contribution < -0.4 is 10.6 Å². The summed E-state index contributed by atoms with van der Waals surface area (Å²) in [5.41, 5.74) is 3.91. The van der Waals surface area contributed by atoms with Gasteiger partial charge >= 0.3 is 0 Å². The third-order valence-electron chi connectivity index (χ3n) is 4.93. The first-order valence-electron chi connectivity index (χ1n) is 9.01. The van der Waals surface area contributed by atoms with E-state index >= 15 is 0 Å². The Labute approximate surface area is 154 Å². The Morgan fingerprint density at radius 1 is 1.19 bits per heavy atom. The first kappa shape index (κ1) is 17.9. The molecule has 1 amide bonds. The maximum Gasteiger partial charge on any atom is 0.251 e.